The van der Waals surface area contributed by atoms with Crippen LogP contribution >= 0.6 is 11.3 Å². The Bertz CT molecular complexity index is 985. The zero-order valence-electron chi connectivity index (χ0n) is 14.8. The van der Waals surface area contributed by atoms with E-state index in [2.05, 4.69) is 15.2 Å². The quantitative estimate of drug-likeness (QED) is 0.713. The second-order valence-electron chi connectivity index (χ2n) is 6.27. The van der Waals surface area contributed by atoms with Crippen LogP contribution in [-0.2, 0) is 4.74 Å². The Morgan fingerprint density at radius 1 is 1.07 bits per heavy atom. The molecule has 144 valence electrons. The minimum atomic E-state index is -0.934. The van der Waals surface area contributed by atoms with Crippen molar-refractivity contribution in [3.05, 3.63) is 65.0 Å². The molecule has 0 atom stereocenters. The normalized spacial score (nSPS) is 14.1. The lowest BCUT2D eigenvalue weighted by atomic mass is 10.1. The van der Waals surface area contributed by atoms with Crippen molar-refractivity contribution in [1.29, 1.82) is 0 Å². The Labute approximate surface area is 164 Å². The molecule has 3 aromatic rings. The fourth-order valence-corrected chi connectivity index (χ4v) is 3.65. The molecule has 8 heteroatoms. The van der Waals surface area contributed by atoms with E-state index in [1.54, 1.807) is 17.5 Å². The summed E-state index contributed by atoms with van der Waals surface area (Å²) >= 11 is 1.22. The topological polar surface area (TPSA) is 54.5 Å². The highest BCUT2D eigenvalue weighted by molar-refractivity contribution is 7.14. The highest BCUT2D eigenvalue weighted by Crippen LogP contribution is 2.26. The zero-order chi connectivity index (χ0) is 19.5. The summed E-state index contributed by atoms with van der Waals surface area (Å²) in [6.45, 7) is 3.06. The number of amides is 1. The number of carbonyl (C=O) groups is 1. The Kier molecular flexibility index (Phi) is 5.31. The molecule has 0 bridgehead atoms. The van der Waals surface area contributed by atoms with Crippen LogP contribution in [0.5, 0.6) is 0 Å². The zero-order valence-corrected chi connectivity index (χ0v) is 15.6. The van der Waals surface area contributed by atoms with Gasteiger partial charge in [0.05, 0.1) is 18.9 Å². The van der Waals surface area contributed by atoms with E-state index in [-0.39, 0.29) is 5.91 Å². The standard InChI is InChI=1S/C20H17F2N3O2S/c21-16-6-3-14(11-17(16)22)18-12-28-20(23-18)24-19(26)13-1-4-15(5-2-13)25-7-9-27-10-8-25/h1-6,11-12H,7-10H2,(H,23,24,26). The Morgan fingerprint density at radius 2 is 1.82 bits per heavy atom. The molecule has 0 saturated carbocycles. The molecule has 1 fully saturated rings. The number of ether oxygens (including phenoxy) is 1. The smallest absolute Gasteiger partial charge is 0.257 e. The molecule has 0 aliphatic carbocycles. The lowest BCUT2D eigenvalue weighted by Crippen LogP contribution is -2.36. The molecule has 1 amide bonds. The van der Waals surface area contributed by atoms with E-state index >= 15 is 0 Å². The van der Waals surface area contributed by atoms with Crippen LogP contribution < -0.4 is 10.2 Å². The third-order valence-electron chi connectivity index (χ3n) is 4.45. The Balaban J connectivity index is 1.43. The molecule has 1 saturated heterocycles. The fourth-order valence-electron chi connectivity index (χ4n) is 2.93. The number of morpholine rings is 1. The third-order valence-corrected chi connectivity index (χ3v) is 5.20. The second kappa shape index (κ2) is 8.04. The van der Waals surface area contributed by atoms with Gasteiger partial charge in [0.25, 0.3) is 5.91 Å². The average molecular weight is 401 g/mol. The van der Waals surface area contributed by atoms with Crippen LogP contribution in [-0.4, -0.2) is 37.2 Å². The molecule has 28 heavy (non-hydrogen) atoms. The first-order valence-electron chi connectivity index (χ1n) is 8.75. The minimum absolute atomic E-state index is 0.278. The molecule has 4 rings (SSSR count). The van der Waals surface area contributed by atoms with Crippen LogP contribution in [0.3, 0.4) is 0 Å². The largest absolute Gasteiger partial charge is 0.378 e. The fraction of sp³-hybridized carbons (Fsp3) is 0.200. The monoisotopic (exact) mass is 401 g/mol. The molecule has 1 aliphatic rings. The number of nitrogens with one attached hydrogen (secondary N) is 1. The highest BCUT2D eigenvalue weighted by atomic mass is 32.1. The van der Waals surface area contributed by atoms with Gasteiger partial charge in [-0.3, -0.25) is 10.1 Å². The Morgan fingerprint density at radius 3 is 2.54 bits per heavy atom. The SMILES string of the molecule is O=C(Nc1nc(-c2ccc(F)c(F)c2)cs1)c1ccc(N2CCOCC2)cc1. The van der Waals surface area contributed by atoms with E-state index in [1.165, 1.54) is 17.4 Å². The van der Waals surface area contributed by atoms with Gasteiger partial charge in [-0.05, 0) is 42.5 Å². The number of carbonyl (C=O) groups excluding carboxylic acids is 1. The van der Waals surface area contributed by atoms with Crippen molar-refractivity contribution in [2.45, 2.75) is 0 Å². The van der Waals surface area contributed by atoms with Crippen LogP contribution in [0.25, 0.3) is 11.3 Å². The molecule has 2 aromatic carbocycles. The van der Waals surface area contributed by atoms with Gasteiger partial charge in [-0.1, -0.05) is 0 Å². The minimum Gasteiger partial charge on any atom is -0.378 e. The van der Waals surface area contributed by atoms with Crippen molar-refractivity contribution < 1.29 is 18.3 Å². The summed E-state index contributed by atoms with van der Waals surface area (Å²) in [4.78, 5) is 19.0. The first kappa shape index (κ1) is 18.5. The van der Waals surface area contributed by atoms with Crippen LogP contribution in [0.2, 0.25) is 0 Å². The molecule has 1 N–H and O–H groups in total. The molecule has 1 aliphatic heterocycles. The summed E-state index contributed by atoms with van der Waals surface area (Å²) in [5, 5.41) is 4.82. The van der Waals surface area contributed by atoms with Crippen LogP contribution in [0.4, 0.5) is 19.6 Å². The van der Waals surface area contributed by atoms with Gasteiger partial charge in [0.15, 0.2) is 16.8 Å². The van der Waals surface area contributed by atoms with Crippen molar-refractivity contribution >= 4 is 28.1 Å². The van der Waals surface area contributed by atoms with E-state index in [0.29, 0.717) is 35.2 Å². The molecule has 1 aromatic heterocycles. The second-order valence-corrected chi connectivity index (χ2v) is 7.13. The maximum absolute atomic E-state index is 13.4. The van der Waals surface area contributed by atoms with Gasteiger partial charge >= 0.3 is 0 Å². The van der Waals surface area contributed by atoms with E-state index in [4.69, 9.17) is 4.74 Å². The van der Waals surface area contributed by atoms with Crippen LogP contribution in [0, 0.1) is 11.6 Å². The number of anilines is 2. The van der Waals surface area contributed by atoms with Gasteiger partial charge in [-0.2, -0.15) is 0 Å². The van der Waals surface area contributed by atoms with Crippen molar-refractivity contribution in [2.24, 2.45) is 0 Å². The summed E-state index contributed by atoms with van der Waals surface area (Å²) in [7, 11) is 0. The number of rotatable bonds is 4. The summed E-state index contributed by atoms with van der Waals surface area (Å²) in [6, 6.07) is 10.9. The van der Waals surface area contributed by atoms with E-state index in [9.17, 15) is 13.6 Å². The number of benzene rings is 2. The van der Waals surface area contributed by atoms with Gasteiger partial charge in [0, 0.05) is 35.3 Å². The summed E-state index contributed by atoms with van der Waals surface area (Å²) < 4.78 is 31.8. The van der Waals surface area contributed by atoms with Crippen molar-refractivity contribution in [1.82, 2.24) is 4.98 Å². The van der Waals surface area contributed by atoms with Crippen LogP contribution in [0.15, 0.2) is 47.8 Å². The first-order chi connectivity index (χ1) is 13.6. The molecular weight excluding hydrogens is 384 g/mol. The summed E-state index contributed by atoms with van der Waals surface area (Å²) in [5.74, 6) is -2.12. The molecule has 0 spiro atoms. The first-order valence-corrected chi connectivity index (χ1v) is 9.63. The van der Waals surface area contributed by atoms with Gasteiger partial charge in [-0.15, -0.1) is 11.3 Å². The number of aromatic nitrogens is 1. The third kappa shape index (κ3) is 4.02. The van der Waals surface area contributed by atoms with Crippen molar-refractivity contribution in [2.75, 3.05) is 36.5 Å². The predicted molar refractivity (Wildman–Crippen MR) is 105 cm³/mol. The van der Waals surface area contributed by atoms with Gasteiger partial charge < -0.3 is 9.64 Å². The molecular formula is C20H17F2N3O2S. The Hall–Kier alpha value is -2.84. The summed E-state index contributed by atoms with van der Waals surface area (Å²) in [6.07, 6.45) is 0. The number of nitrogens with zero attached hydrogens (tertiary/aromatic N) is 2. The van der Waals surface area contributed by atoms with Crippen molar-refractivity contribution in [3.63, 3.8) is 0 Å². The van der Waals surface area contributed by atoms with E-state index in [1.807, 2.05) is 12.1 Å². The van der Waals surface area contributed by atoms with Gasteiger partial charge in [-0.25, -0.2) is 13.8 Å². The van der Waals surface area contributed by atoms with Gasteiger partial charge in [0.2, 0.25) is 0 Å². The lowest BCUT2D eigenvalue weighted by molar-refractivity contribution is 0.102. The predicted octanol–water partition coefficient (Wildman–Crippen LogP) is 4.18. The van der Waals surface area contributed by atoms with Crippen LogP contribution in [0.1, 0.15) is 10.4 Å². The van der Waals surface area contributed by atoms with E-state index < -0.39 is 11.6 Å². The highest BCUT2D eigenvalue weighted by Gasteiger charge is 2.14. The lowest BCUT2D eigenvalue weighted by Gasteiger charge is -2.28. The number of halogens is 2. The van der Waals surface area contributed by atoms with Crippen molar-refractivity contribution in [3.8, 4) is 11.3 Å². The maximum Gasteiger partial charge on any atom is 0.257 e. The molecule has 0 unspecified atom stereocenters. The number of thiazole rings is 1. The van der Waals surface area contributed by atoms with Gasteiger partial charge in [0.1, 0.15) is 0 Å². The average Bonchev–Trinajstić information content (AvgIpc) is 3.19. The number of hydrogen-bond acceptors (Lipinski definition) is 5. The summed E-state index contributed by atoms with van der Waals surface area (Å²) in [5.41, 5.74) is 2.49. The van der Waals surface area contributed by atoms with E-state index in [0.717, 1.165) is 30.9 Å². The number of hydrogen-bond donors (Lipinski definition) is 1. The molecule has 2 heterocycles. The maximum atomic E-state index is 13.4. The molecule has 5 nitrogen and oxygen atoms in total. The molecule has 0 radical (unpaired) electrons.